The van der Waals surface area contributed by atoms with Crippen molar-refractivity contribution in [2.75, 3.05) is 13.1 Å². The minimum absolute atomic E-state index is 0.288. The Balaban J connectivity index is 1.86. The minimum Gasteiger partial charge on any atom is -0.342 e. The first-order valence-electron chi connectivity index (χ1n) is 7.12. The van der Waals surface area contributed by atoms with Crippen molar-refractivity contribution in [1.82, 2.24) is 15.2 Å². The molecule has 1 fully saturated rings. The zero-order chi connectivity index (χ0) is 13.7. The van der Waals surface area contributed by atoms with Crippen molar-refractivity contribution in [3.63, 3.8) is 0 Å². The van der Waals surface area contributed by atoms with Crippen molar-refractivity contribution in [2.24, 2.45) is 5.92 Å². The summed E-state index contributed by atoms with van der Waals surface area (Å²) in [6.45, 7) is 6.78. The number of thiazole rings is 1. The molecule has 1 amide bonds. The van der Waals surface area contributed by atoms with Crippen LogP contribution in [0.1, 0.15) is 38.8 Å². The number of carbonyl (C=O) groups is 1. The molecule has 1 aromatic heterocycles. The van der Waals surface area contributed by atoms with Crippen LogP contribution in [0.3, 0.4) is 0 Å². The number of hydrogen-bond acceptors (Lipinski definition) is 4. The summed E-state index contributed by atoms with van der Waals surface area (Å²) in [5.74, 6) is 0.847. The fraction of sp³-hybridized carbons (Fsp3) is 0.714. The highest BCUT2D eigenvalue weighted by atomic mass is 32.1. The average Bonchev–Trinajstić information content (AvgIpc) is 2.97. The smallest absolute Gasteiger partial charge is 0.222 e. The van der Waals surface area contributed by atoms with E-state index in [0.29, 0.717) is 18.4 Å². The van der Waals surface area contributed by atoms with Gasteiger partial charge in [-0.2, -0.15) is 0 Å². The number of carbonyl (C=O) groups excluding carboxylic acids is 1. The molecular weight excluding hydrogens is 258 g/mol. The summed E-state index contributed by atoms with van der Waals surface area (Å²) in [6, 6.07) is 0.507. The van der Waals surface area contributed by atoms with Crippen LogP contribution in [-0.2, 0) is 11.3 Å². The third kappa shape index (κ3) is 3.76. The zero-order valence-corrected chi connectivity index (χ0v) is 12.6. The zero-order valence-electron chi connectivity index (χ0n) is 11.8. The van der Waals surface area contributed by atoms with Crippen LogP contribution < -0.4 is 5.32 Å². The second-order valence-electron chi connectivity index (χ2n) is 5.12. The fourth-order valence-corrected chi connectivity index (χ4v) is 3.28. The summed E-state index contributed by atoms with van der Waals surface area (Å²) in [7, 11) is 0. The first-order valence-corrected chi connectivity index (χ1v) is 8.07. The van der Waals surface area contributed by atoms with Crippen LogP contribution in [0.25, 0.3) is 0 Å². The van der Waals surface area contributed by atoms with Gasteiger partial charge in [0.1, 0.15) is 0 Å². The van der Waals surface area contributed by atoms with Gasteiger partial charge in [-0.15, -0.1) is 11.3 Å². The molecule has 1 N–H and O–H groups in total. The monoisotopic (exact) mass is 281 g/mol. The van der Waals surface area contributed by atoms with Gasteiger partial charge in [0.2, 0.25) is 5.91 Å². The second kappa shape index (κ2) is 7.01. The molecule has 0 bridgehead atoms. The van der Waals surface area contributed by atoms with E-state index in [1.54, 1.807) is 11.3 Å². The maximum atomic E-state index is 11.8. The van der Waals surface area contributed by atoms with E-state index in [4.69, 9.17) is 0 Å². The van der Waals surface area contributed by atoms with Gasteiger partial charge >= 0.3 is 0 Å². The van der Waals surface area contributed by atoms with Crippen molar-refractivity contribution < 1.29 is 4.79 Å². The van der Waals surface area contributed by atoms with E-state index in [-0.39, 0.29) is 5.91 Å². The number of hydrogen-bond donors (Lipinski definition) is 1. The molecule has 0 aliphatic carbocycles. The van der Waals surface area contributed by atoms with Gasteiger partial charge in [-0.3, -0.25) is 4.79 Å². The summed E-state index contributed by atoms with van der Waals surface area (Å²) in [5.41, 5.74) is 2.99. The Bertz CT molecular complexity index is 393. The molecule has 4 nitrogen and oxygen atoms in total. The standard InChI is InChI=1S/C14H23N3OS/c1-3-11-8-17(14(18)4-2)6-5-13(11)15-7-12-9-19-10-16-12/h9-11,13,15H,3-8H2,1-2H3/t11-,13-/m1/s1. The topological polar surface area (TPSA) is 45.2 Å². The number of likely N-dealkylation sites (tertiary alicyclic amines) is 1. The van der Waals surface area contributed by atoms with Gasteiger partial charge in [0, 0.05) is 37.5 Å². The van der Waals surface area contributed by atoms with Crippen LogP contribution >= 0.6 is 11.3 Å². The minimum atomic E-state index is 0.288. The highest BCUT2D eigenvalue weighted by Crippen LogP contribution is 2.21. The van der Waals surface area contributed by atoms with E-state index >= 15 is 0 Å². The van der Waals surface area contributed by atoms with Crippen molar-refractivity contribution in [2.45, 2.75) is 45.7 Å². The summed E-state index contributed by atoms with van der Waals surface area (Å²) >= 11 is 1.64. The van der Waals surface area contributed by atoms with Crippen molar-refractivity contribution in [3.05, 3.63) is 16.6 Å². The number of nitrogens with zero attached hydrogens (tertiary/aromatic N) is 2. The third-order valence-electron chi connectivity index (χ3n) is 3.94. The van der Waals surface area contributed by atoms with Gasteiger partial charge in [0.15, 0.2) is 0 Å². The first kappa shape index (κ1) is 14.5. The molecule has 0 spiro atoms. The van der Waals surface area contributed by atoms with Crippen LogP contribution in [0.15, 0.2) is 10.9 Å². The second-order valence-corrected chi connectivity index (χ2v) is 5.84. The lowest BCUT2D eigenvalue weighted by Gasteiger charge is -2.38. The Labute approximate surface area is 119 Å². The number of piperidine rings is 1. The van der Waals surface area contributed by atoms with E-state index in [1.807, 2.05) is 17.3 Å². The maximum absolute atomic E-state index is 11.8. The molecule has 0 unspecified atom stereocenters. The lowest BCUT2D eigenvalue weighted by Crippen LogP contribution is -2.50. The summed E-state index contributed by atoms with van der Waals surface area (Å²) < 4.78 is 0. The first-order chi connectivity index (χ1) is 9.24. The van der Waals surface area contributed by atoms with E-state index in [9.17, 15) is 4.79 Å². The highest BCUT2D eigenvalue weighted by molar-refractivity contribution is 7.07. The van der Waals surface area contributed by atoms with Crippen LogP contribution in [0.2, 0.25) is 0 Å². The molecule has 106 valence electrons. The summed E-state index contributed by atoms with van der Waals surface area (Å²) in [6.07, 6.45) is 2.78. The van der Waals surface area contributed by atoms with Crippen molar-refractivity contribution >= 4 is 17.2 Å². The van der Waals surface area contributed by atoms with E-state index in [2.05, 4.69) is 22.6 Å². The molecule has 5 heteroatoms. The van der Waals surface area contributed by atoms with E-state index < -0.39 is 0 Å². The molecule has 0 saturated carbocycles. The van der Waals surface area contributed by atoms with E-state index in [1.165, 1.54) is 0 Å². The highest BCUT2D eigenvalue weighted by Gasteiger charge is 2.29. The van der Waals surface area contributed by atoms with Crippen LogP contribution in [0.4, 0.5) is 0 Å². The number of aromatic nitrogens is 1. The van der Waals surface area contributed by atoms with E-state index in [0.717, 1.165) is 38.2 Å². The largest absolute Gasteiger partial charge is 0.342 e. The van der Waals surface area contributed by atoms with Crippen LogP contribution in [0, 0.1) is 5.92 Å². The summed E-state index contributed by atoms with van der Waals surface area (Å²) in [5, 5.41) is 5.70. The molecule has 1 aromatic rings. The number of rotatable bonds is 5. The van der Waals surface area contributed by atoms with Crippen LogP contribution in [-0.4, -0.2) is 34.9 Å². The lowest BCUT2D eigenvalue weighted by atomic mass is 9.89. The van der Waals surface area contributed by atoms with Gasteiger partial charge in [0.25, 0.3) is 0 Å². The lowest BCUT2D eigenvalue weighted by molar-refractivity contribution is -0.133. The average molecular weight is 281 g/mol. The Morgan fingerprint density at radius 3 is 3.05 bits per heavy atom. The molecule has 19 heavy (non-hydrogen) atoms. The predicted molar refractivity (Wildman–Crippen MR) is 78.0 cm³/mol. The Hall–Kier alpha value is -0.940. The van der Waals surface area contributed by atoms with Gasteiger partial charge < -0.3 is 10.2 Å². The van der Waals surface area contributed by atoms with Crippen molar-refractivity contribution in [3.8, 4) is 0 Å². The predicted octanol–water partition coefficient (Wildman–Crippen LogP) is 2.27. The molecule has 0 radical (unpaired) electrons. The quantitative estimate of drug-likeness (QED) is 0.900. The molecule has 2 rings (SSSR count). The normalized spacial score (nSPS) is 23.6. The Morgan fingerprint density at radius 2 is 2.42 bits per heavy atom. The molecule has 1 aliphatic heterocycles. The molecular formula is C14H23N3OS. The van der Waals surface area contributed by atoms with Crippen molar-refractivity contribution in [1.29, 1.82) is 0 Å². The van der Waals surface area contributed by atoms with Gasteiger partial charge in [0.05, 0.1) is 11.2 Å². The van der Waals surface area contributed by atoms with Crippen LogP contribution in [0.5, 0.6) is 0 Å². The summed E-state index contributed by atoms with van der Waals surface area (Å²) in [4.78, 5) is 18.1. The Kier molecular flexibility index (Phi) is 5.34. The number of nitrogens with one attached hydrogen (secondary N) is 1. The SMILES string of the molecule is CCC(=O)N1CC[C@@H](NCc2cscn2)[C@H](CC)C1. The molecule has 0 aromatic carbocycles. The molecule has 2 heterocycles. The maximum Gasteiger partial charge on any atom is 0.222 e. The molecule has 1 aliphatic rings. The Morgan fingerprint density at radius 1 is 1.58 bits per heavy atom. The van der Waals surface area contributed by atoms with Gasteiger partial charge in [-0.05, 0) is 12.3 Å². The third-order valence-corrected chi connectivity index (χ3v) is 4.58. The van der Waals surface area contributed by atoms with Gasteiger partial charge in [-0.1, -0.05) is 20.3 Å². The number of amides is 1. The molecule has 2 atom stereocenters. The van der Waals surface area contributed by atoms with Gasteiger partial charge in [-0.25, -0.2) is 4.98 Å². The fourth-order valence-electron chi connectivity index (χ4n) is 2.73. The molecule has 1 saturated heterocycles.